The maximum atomic E-state index is 5.77. The monoisotopic (exact) mass is 264 g/mol. The third-order valence-corrected chi connectivity index (χ3v) is 4.38. The SMILES string of the molecule is C=Cc1ccc([SiH2]C(OCCC)OCCC)cc1. The van der Waals surface area contributed by atoms with Crippen LogP contribution in [0, 0.1) is 0 Å². The molecule has 0 N–H and O–H groups in total. The molecule has 1 aromatic rings. The topological polar surface area (TPSA) is 18.5 Å². The van der Waals surface area contributed by atoms with Crippen molar-refractivity contribution >= 4 is 20.8 Å². The Morgan fingerprint density at radius 2 is 1.67 bits per heavy atom. The van der Waals surface area contributed by atoms with Gasteiger partial charge in [-0.3, -0.25) is 0 Å². The Labute approximate surface area is 113 Å². The van der Waals surface area contributed by atoms with Crippen LogP contribution in [0.25, 0.3) is 6.08 Å². The second kappa shape index (κ2) is 9.08. The minimum Gasteiger partial charge on any atom is -0.357 e. The van der Waals surface area contributed by atoms with E-state index < -0.39 is 9.52 Å². The molecule has 0 fully saturated rings. The molecule has 0 aromatic heterocycles. The lowest BCUT2D eigenvalue weighted by Gasteiger charge is -2.18. The Morgan fingerprint density at radius 1 is 1.11 bits per heavy atom. The third kappa shape index (κ3) is 5.62. The Balaban J connectivity index is 2.53. The molecule has 1 aromatic carbocycles. The molecule has 0 unspecified atom stereocenters. The summed E-state index contributed by atoms with van der Waals surface area (Å²) in [7, 11) is -0.540. The van der Waals surface area contributed by atoms with Gasteiger partial charge in [0.25, 0.3) is 0 Å². The summed E-state index contributed by atoms with van der Waals surface area (Å²) in [5.41, 5.74) is 1.16. The van der Waals surface area contributed by atoms with Crippen LogP contribution >= 0.6 is 0 Å². The maximum absolute atomic E-state index is 5.77. The first-order valence-electron chi connectivity index (χ1n) is 6.74. The predicted molar refractivity (Wildman–Crippen MR) is 81.0 cm³/mol. The van der Waals surface area contributed by atoms with Crippen LogP contribution in [0.1, 0.15) is 32.3 Å². The average molecular weight is 264 g/mol. The van der Waals surface area contributed by atoms with E-state index >= 15 is 0 Å². The first kappa shape index (κ1) is 15.2. The van der Waals surface area contributed by atoms with Gasteiger partial charge in [0, 0.05) is 13.2 Å². The van der Waals surface area contributed by atoms with Gasteiger partial charge in [-0.05, 0) is 18.4 Å². The second-order valence-corrected chi connectivity index (χ2v) is 6.21. The van der Waals surface area contributed by atoms with E-state index in [4.69, 9.17) is 9.47 Å². The highest BCUT2D eigenvalue weighted by Gasteiger charge is 2.10. The van der Waals surface area contributed by atoms with E-state index in [1.807, 2.05) is 6.08 Å². The number of ether oxygens (including phenoxy) is 2. The Kier molecular flexibility index (Phi) is 7.65. The fourth-order valence-corrected chi connectivity index (χ4v) is 3.11. The summed E-state index contributed by atoms with van der Waals surface area (Å²) in [5, 5.41) is 1.37. The normalized spacial score (nSPS) is 11.5. The van der Waals surface area contributed by atoms with E-state index in [0.29, 0.717) is 0 Å². The number of rotatable bonds is 9. The molecule has 0 saturated heterocycles. The zero-order chi connectivity index (χ0) is 13.2. The van der Waals surface area contributed by atoms with Gasteiger partial charge in [-0.1, -0.05) is 56.0 Å². The average Bonchev–Trinajstić information content (AvgIpc) is 2.42. The molecule has 1 rings (SSSR count). The van der Waals surface area contributed by atoms with E-state index in [1.165, 1.54) is 5.19 Å². The van der Waals surface area contributed by atoms with Crippen LogP contribution in [0.5, 0.6) is 0 Å². The van der Waals surface area contributed by atoms with Crippen LogP contribution in [0.4, 0.5) is 0 Å². The molecule has 100 valence electrons. The lowest BCUT2D eigenvalue weighted by molar-refractivity contribution is -0.0894. The van der Waals surface area contributed by atoms with E-state index in [2.05, 4.69) is 44.7 Å². The summed E-state index contributed by atoms with van der Waals surface area (Å²) in [6.07, 6.45) is 3.94. The van der Waals surface area contributed by atoms with Crippen molar-refractivity contribution in [3.63, 3.8) is 0 Å². The number of benzene rings is 1. The van der Waals surface area contributed by atoms with Gasteiger partial charge in [-0.15, -0.1) is 0 Å². The molecule has 0 aliphatic rings. The van der Waals surface area contributed by atoms with Crippen molar-refractivity contribution in [3.8, 4) is 0 Å². The van der Waals surface area contributed by atoms with Crippen molar-refractivity contribution in [1.29, 1.82) is 0 Å². The Bertz CT molecular complexity index is 327. The van der Waals surface area contributed by atoms with Crippen LogP contribution in [-0.4, -0.2) is 28.6 Å². The molecule has 18 heavy (non-hydrogen) atoms. The van der Waals surface area contributed by atoms with Crippen molar-refractivity contribution in [1.82, 2.24) is 0 Å². The fourth-order valence-electron chi connectivity index (χ4n) is 1.65. The molecular weight excluding hydrogens is 240 g/mol. The summed E-state index contributed by atoms with van der Waals surface area (Å²) in [4.78, 5) is 0. The zero-order valence-corrected chi connectivity index (χ0v) is 12.9. The van der Waals surface area contributed by atoms with Crippen molar-refractivity contribution in [2.45, 2.75) is 32.6 Å². The van der Waals surface area contributed by atoms with E-state index in [1.54, 1.807) is 0 Å². The van der Waals surface area contributed by atoms with Crippen LogP contribution in [0.3, 0.4) is 0 Å². The van der Waals surface area contributed by atoms with Crippen molar-refractivity contribution in [3.05, 3.63) is 36.4 Å². The largest absolute Gasteiger partial charge is 0.357 e. The number of hydrogen-bond donors (Lipinski definition) is 0. The van der Waals surface area contributed by atoms with Gasteiger partial charge in [0.15, 0.2) is 0 Å². The lowest BCUT2D eigenvalue weighted by atomic mass is 10.2. The second-order valence-electron chi connectivity index (χ2n) is 4.32. The van der Waals surface area contributed by atoms with Gasteiger partial charge in [-0.25, -0.2) is 0 Å². The third-order valence-electron chi connectivity index (χ3n) is 2.63. The molecule has 0 bridgehead atoms. The Hall–Kier alpha value is -0.903. The smallest absolute Gasteiger partial charge is 0.139 e. The zero-order valence-electron chi connectivity index (χ0n) is 11.5. The van der Waals surface area contributed by atoms with Crippen LogP contribution in [-0.2, 0) is 9.47 Å². The van der Waals surface area contributed by atoms with E-state index in [-0.39, 0.29) is 5.91 Å². The first-order valence-corrected chi connectivity index (χ1v) is 8.27. The van der Waals surface area contributed by atoms with Gasteiger partial charge < -0.3 is 9.47 Å². The van der Waals surface area contributed by atoms with Gasteiger partial charge >= 0.3 is 0 Å². The minimum absolute atomic E-state index is 0.0134. The molecule has 0 amide bonds. The molecule has 0 atom stereocenters. The van der Waals surface area contributed by atoms with Gasteiger partial charge in [-0.2, -0.15) is 0 Å². The molecule has 0 heterocycles. The van der Waals surface area contributed by atoms with Crippen LogP contribution < -0.4 is 5.19 Å². The van der Waals surface area contributed by atoms with Crippen molar-refractivity contribution < 1.29 is 9.47 Å². The lowest BCUT2D eigenvalue weighted by Crippen LogP contribution is -2.33. The van der Waals surface area contributed by atoms with Gasteiger partial charge in [0.2, 0.25) is 0 Å². The molecular formula is C15H24O2Si. The highest BCUT2D eigenvalue weighted by atomic mass is 28.2. The van der Waals surface area contributed by atoms with E-state index in [0.717, 1.165) is 31.6 Å². The van der Waals surface area contributed by atoms with Gasteiger partial charge in [0.1, 0.15) is 15.4 Å². The predicted octanol–water partition coefficient (Wildman–Crippen LogP) is 2.26. The summed E-state index contributed by atoms with van der Waals surface area (Å²) < 4.78 is 11.5. The Morgan fingerprint density at radius 3 is 2.11 bits per heavy atom. The molecule has 0 aliphatic heterocycles. The summed E-state index contributed by atoms with van der Waals surface area (Å²) in [6, 6.07) is 8.54. The maximum Gasteiger partial charge on any atom is 0.139 e. The first-order chi connectivity index (χ1) is 8.80. The highest BCUT2D eigenvalue weighted by Crippen LogP contribution is 2.00. The molecule has 3 heteroatoms. The van der Waals surface area contributed by atoms with E-state index in [9.17, 15) is 0 Å². The summed E-state index contributed by atoms with van der Waals surface area (Å²) in [5.74, 6) is 0.0134. The van der Waals surface area contributed by atoms with Crippen LogP contribution in [0.15, 0.2) is 30.8 Å². The quantitative estimate of drug-likeness (QED) is 0.503. The standard InChI is InChI=1S/C15H24O2Si/c1-4-11-16-15(17-12-5-2)18-14-9-7-13(6-3)8-10-14/h6-10,15H,3-5,11-12,18H2,1-2H3. The molecule has 0 aliphatic carbocycles. The minimum atomic E-state index is -0.540. The molecule has 0 spiro atoms. The van der Waals surface area contributed by atoms with Crippen LogP contribution in [0.2, 0.25) is 0 Å². The van der Waals surface area contributed by atoms with Gasteiger partial charge in [0.05, 0.1) is 0 Å². The summed E-state index contributed by atoms with van der Waals surface area (Å²) in [6.45, 7) is 9.58. The fraction of sp³-hybridized carbons (Fsp3) is 0.467. The van der Waals surface area contributed by atoms with Crippen molar-refractivity contribution in [2.24, 2.45) is 0 Å². The molecule has 0 saturated carbocycles. The number of hydrogen-bond acceptors (Lipinski definition) is 2. The highest BCUT2D eigenvalue weighted by molar-refractivity contribution is 6.54. The molecule has 2 nitrogen and oxygen atoms in total. The molecule has 0 radical (unpaired) electrons. The summed E-state index contributed by atoms with van der Waals surface area (Å²) >= 11 is 0. The van der Waals surface area contributed by atoms with Crippen molar-refractivity contribution in [2.75, 3.05) is 13.2 Å².